The minimum Gasteiger partial charge on any atom is -0.486 e. The first-order valence-corrected chi connectivity index (χ1v) is 11.7. The van der Waals surface area contributed by atoms with Gasteiger partial charge in [0.2, 0.25) is 0 Å². The lowest BCUT2D eigenvalue weighted by molar-refractivity contribution is -0.183. The van der Waals surface area contributed by atoms with Gasteiger partial charge in [-0.15, -0.1) is 10.2 Å². The number of likely N-dealkylation sites (tertiary alicyclic amines) is 1. The van der Waals surface area contributed by atoms with Crippen molar-refractivity contribution in [2.75, 3.05) is 26.8 Å². The average Bonchev–Trinajstić information content (AvgIpc) is 3.44. The zero-order chi connectivity index (χ0) is 25.4. The van der Waals surface area contributed by atoms with Crippen molar-refractivity contribution in [2.24, 2.45) is 5.73 Å². The summed E-state index contributed by atoms with van der Waals surface area (Å²) >= 11 is 0. The quantitative estimate of drug-likeness (QED) is 0.410. The third kappa shape index (κ3) is 4.73. The van der Waals surface area contributed by atoms with Gasteiger partial charge in [-0.3, -0.25) is 9.30 Å². The number of ether oxygens (including phenoxy) is 2. The molecular formula is C25H27F3N6O2. The molecule has 4 aromatic rings. The Morgan fingerprint density at radius 3 is 2.69 bits per heavy atom. The molecule has 0 saturated carbocycles. The van der Waals surface area contributed by atoms with E-state index < -0.39 is 12.2 Å². The van der Waals surface area contributed by atoms with Crippen LogP contribution in [0.1, 0.15) is 24.9 Å². The van der Waals surface area contributed by atoms with Gasteiger partial charge in [0.25, 0.3) is 0 Å². The lowest BCUT2D eigenvalue weighted by Crippen LogP contribution is -2.38. The molecule has 1 aliphatic rings. The van der Waals surface area contributed by atoms with Gasteiger partial charge in [0.05, 0.1) is 6.61 Å². The molecule has 1 aromatic carbocycles. The number of aromatic nitrogens is 4. The number of fused-ring (bicyclic) bond motifs is 2. The Kier molecular flexibility index (Phi) is 6.54. The highest BCUT2D eigenvalue weighted by Crippen LogP contribution is 2.39. The Balaban J connectivity index is 1.57. The predicted octanol–water partition coefficient (Wildman–Crippen LogP) is 3.99. The van der Waals surface area contributed by atoms with Crippen molar-refractivity contribution in [3.63, 3.8) is 0 Å². The summed E-state index contributed by atoms with van der Waals surface area (Å²) in [7, 11) is 1.60. The molecule has 0 radical (unpaired) electrons. The highest BCUT2D eigenvalue weighted by atomic mass is 19.4. The molecule has 1 unspecified atom stereocenters. The predicted molar refractivity (Wildman–Crippen MR) is 129 cm³/mol. The second-order valence-corrected chi connectivity index (χ2v) is 9.11. The van der Waals surface area contributed by atoms with E-state index in [1.807, 2.05) is 31.2 Å². The van der Waals surface area contributed by atoms with Crippen LogP contribution in [0.3, 0.4) is 0 Å². The summed E-state index contributed by atoms with van der Waals surface area (Å²) < 4.78 is 55.2. The normalized spacial score (nSPS) is 18.7. The van der Waals surface area contributed by atoms with Gasteiger partial charge in [0.15, 0.2) is 11.5 Å². The van der Waals surface area contributed by atoms with E-state index in [1.165, 1.54) is 17.2 Å². The Hall–Kier alpha value is -3.28. The third-order valence-corrected chi connectivity index (χ3v) is 6.31. The fourth-order valence-corrected chi connectivity index (χ4v) is 4.73. The van der Waals surface area contributed by atoms with Crippen LogP contribution in [0.15, 0.2) is 48.7 Å². The zero-order valence-electron chi connectivity index (χ0n) is 19.9. The highest BCUT2D eigenvalue weighted by Gasteiger charge is 2.46. The smallest absolute Gasteiger partial charge is 0.408 e. The molecule has 1 saturated heterocycles. The van der Waals surface area contributed by atoms with Crippen LogP contribution in [-0.2, 0) is 4.74 Å². The number of nitrogens with two attached hydrogens (primary N) is 1. The van der Waals surface area contributed by atoms with Crippen molar-refractivity contribution in [1.82, 2.24) is 24.5 Å². The summed E-state index contributed by atoms with van der Waals surface area (Å²) in [5.74, 6) is 0.920. The van der Waals surface area contributed by atoms with Crippen molar-refractivity contribution < 1.29 is 22.6 Å². The number of hydrogen-bond donors (Lipinski definition) is 1. The molecule has 11 heteroatoms. The van der Waals surface area contributed by atoms with Gasteiger partial charge in [0, 0.05) is 37.8 Å². The van der Waals surface area contributed by atoms with Crippen LogP contribution in [0, 0.1) is 0 Å². The molecule has 1 aliphatic heterocycles. The monoisotopic (exact) mass is 500 g/mol. The summed E-state index contributed by atoms with van der Waals surface area (Å²) in [6.07, 6.45) is -2.68. The highest BCUT2D eigenvalue weighted by molar-refractivity contribution is 5.86. The Morgan fingerprint density at radius 2 is 1.97 bits per heavy atom. The summed E-state index contributed by atoms with van der Waals surface area (Å²) in [6.45, 7) is 2.78. The number of hydrogen-bond acceptors (Lipinski definition) is 7. The molecule has 1 fully saturated rings. The number of alkyl halides is 3. The van der Waals surface area contributed by atoms with Gasteiger partial charge in [-0.1, -0.05) is 24.3 Å². The van der Waals surface area contributed by atoms with E-state index in [2.05, 4.69) is 10.2 Å². The molecule has 190 valence electrons. The molecule has 8 nitrogen and oxygen atoms in total. The lowest BCUT2D eigenvalue weighted by Gasteiger charge is -2.30. The van der Waals surface area contributed by atoms with Crippen molar-refractivity contribution in [1.29, 1.82) is 0 Å². The van der Waals surface area contributed by atoms with Crippen molar-refractivity contribution in [3.8, 4) is 17.3 Å². The van der Waals surface area contributed by atoms with Gasteiger partial charge in [0.1, 0.15) is 29.1 Å². The molecule has 0 spiro atoms. The van der Waals surface area contributed by atoms with E-state index in [1.54, 1.807) is 23.6 Å². The molecule has 36 heavy (non-hydrogen) atoms. The maximum atomic E-state index is 14.2. The molecule has 2 N–H and O–H groups in total. The van der Waals surface area contributed by atoms with E-state index in [-0.39, 0.29) is 30.8 Å². The standard InChI is InChI=1S/C25H27F3N6O2/c1-15(14-35-2)36-20-5-3-4-16-6-8-19(30-22(16)20)24-32-31-21-9-7-17(12-34(21)24)23(25(26,27)28)33-11-10-18(29)13-33/h3-9,12,15,18,23H,10-11,13-14,29H2,1-2H3/t15?,18-,23+/m0/s1. The number of rotatable bonds is 7. The van der Waals surface area contributed by atoms with Crippen LogP contribution in [0.5, 0.6) is 5.75 Å². The van der Waals surface area contributed by atoms with Gasteiger partial charge in [-0.05, 0) is 37.1 Å². The molecule has 4 heterocycles. The fraction of sp³-hybridized carbons (Fsp3) is 0.400. The topological polar surface area (TPSA) is 90.8 Å². The van der Waals surface area contributed by atoms with Crippen LogP contribution >= 0.6 is 0 Å². The average molecular weight is 501 g/mol. The van der Waals surface area contributed by atoms with E-state index in [0.717, 1.165) is 5.39 Å². The molecule has 0 amide bonds. The Bertz CT molecular complexity index is 1380. The fourth-order valence-electron chi connectivity index (χ4n) is 4.73. The van der Waals surface area contributed by atoms with Crippen molar-refractivity contribution in [3.05, 3.63) is 54.2 Å². The third-order valence-electron chi connectivity index (χ3n) is 6.31. The second-order valence-electron chi connectivity index (χ2n) is 9.11. The summed E-state index contributed by atoms with van der Waals surface area (Å²) in [4.78, 5) is 6.14. The van der Waals surface area contributed by atoms with Gasteiger partial charge in [-0.25, -0.2) is 4.98 Å². The minimum absolute atomic E-state index is 0.100. The minimum atomic E-state index is -4.46. The number of methoxy groups -OCH3 is 1. The van der Waals surface area contributed by atoms with Crippen LogP contribution in [0.2, 0.25) is 0 Å². The maximum absolute atomic E-state index is 14.2. The number of pyridine rings is 2. The van der Waals surface area contributed by atoms with Crippen LogP contribution in [0.25, 0.3) is 28.1 Å². The summed E-state index contributed by atoms with van der Waals surface area (Å²) in [5.41, 5.74) is 7.51. The number of nitrogens with zero attached hydrogens (tertiary/aromatic N) is 5. The molecular weight excluding hydrogens is 473 g/mol. The molecule has 0 aliphatic carbocycles. The van der Waals surface area contributed by atoms with Crippen molar-refractivity contribution >= 4 is 16.6 Å². The SMILES string of the molecule is COCC(C)Oc1cccc2ccc(-c3nnc4ccc([C@@H](N5CC[C@H](N)C5)C(F)(F)F)cn34)nc12. The number of halogens is 3. The first-order chi connectivity index (χ1) is 17.2. The maximum Gasteiger partial charge on any atom is 0.408 e. The van der Waals surface area contributed by atoms with Gasteiger partial charge < -0.3 is 15.2 Å². The van der Waals surface area contributed by atoms with Gasteiger partial charge in [-0.2, -0.15) is 13.2 Å². The van der Waals surface area contributed by atoms with Crippen molar-refractivity contribution in [2.45, 2.75) is 37.7 Å². The number of para-hydroxylation sites is 1. The largest absolute Gasteiger partial charge is 0.486 e. The Labute approximate surface area is 205 Å². The number of benzene rings is 1. The first-order valence-electron chi connectivity index (χ1n) is 11.7. The van der Waals surface area contributed by atoms with Gasteiger partial charge >= 0.3 is 6.18 Å². The summed E-state index contributed by atoms with van der Waals surface area (Å²) in [5, 5.41) is 9.25. The molecule has 3 aromatic heterocycles. The molecule has 5 rings (SSSR count). The Morgan fingerprint density at radius 1 is 1.14 bits per heavy atom. The van der Waals surface area contributed by atoms with Crippen LogP contribution in [0.4, 0.5) is 13.2 Å². The van der Waals surface area contributed by atoms with E-state index in [4.69, 9.17) is 20.2 Å². The van der Waals surface area contributed by atoms with E-state index in [9.17, 15) is 13.2 Å². The molecule has 0 bridgehead atoms. The second kappa shape index (κ2) is 9.64. The molecule has 3 atom stereocenters. The van der Waals surface area contributed by atoms with E-state index >= 15 is 0 Å². The zero-order valence-corrected chi connectivity index (χ0v) is 19.9. The van der Waals surface area contributed by atoms with Crippen LogP contribution in [-0.4, -0.2) is 69.6 Å². The van der Waals surface area contributed by atoms with E-state index in [0.29, 0.717) is 41.5 Å². The van der Waals surface area contributed by atoms with Crippen LogP contribution < -0.4 is 10.5 Å². The first kappa shape index (κ1) is 24.4. The lowest BCUT2D eigenvalue weighted by atomic mass is 10.1. The summed E-state index contributed by atoms with van der Waals surface area (Å²) in [6, 6.07) is 10.2.